The number of aryl methyl sites for hydroxylation is 1. The lowest BCUT2D eigenvalue weighted by Crippen LogP contribution is -2.30. The van der Waals surface area contributed by atoms with Crippen molar-refractivity contribution in [1.82, 2.24) is 15.4 Å². The van der Waals surface area contributed by atoms with Gasteiger partial charge in [0.15, 0.2) is 5.03 Å². The van der Waals surface area contributed by atoms with Crippen LogP contribution in [0.15, 0.2) is 64.8 Å². The largest absolute Gasteiger partial charge is 0.345 e. The number of non-ortho nitro benzene ring substituents is 1. The topological polar surface area (TPSA) is 153 Å². The van der Waals surface area contributed by atoms with E-state index in [9.17, 15) is 25.0 Å². The average Bonchev–Trinajstić information content (AvgIpc) is 2.73. The fourth-order valence-electron chi connectivity index (χ4n) is 2.36. The van der Waals surface area contributed by atoms with Crippen LogP contribution in [0.5, 0.6) is 0 Å². The summed E-state index contributed by atoms with van der Waals surface area (Å²) in [7, 11) is 0. The van der Waals surface area contributed by atoms with Crippen LogP contribution in [0.4, 0.5) is 17.2 Å². The van der Waals surface area contributed by atoms with Crippen LogP contribution in [-0.4, -0.2) is 25.7 Å². The van der Waals surface area contributed by atoms with Gasteiger partial charge in [0.25, 0.3) is 11.6 Å². The van der Waals surface area contributed by atoms with Crippen molar-refractivity contribution in [1.29, 1.82) is 0 Å². The highest BCUT2D eigenvalue weighted by molar-refractivity contribution is 7.99. The Hall–Kier alpha value is -4.06. The van der Waals surface area contributed by atoms with Gasteiger partial charge < -0.3 is 0 Å². The van der Waals surface area contributed by atoms with Gasteiger partial charge in [-0.2, -0.15) is 0 Å². The Morgan fingerprint density at radius 2 is 1.77 bits per heavy atom. The zero-order chi connectivity index (χ0) is 21.7. The first-order valence-corrected chi connectivity index (χ1v) is 9.21. The molecule has 0 saturated heterocycles. The van der Waals surface area contributed by atoms with Gasteiger partial charge in [-0.15, -0.1) is 0 Å². The summed E-state index contributed by atoms with van der Waals surface area (Å²) >= 11 is 1.08. The molecule has 0 atom stereocenters. The minimum Gasteiger partial charge on any atom is -0.276 e. The standard InChI is InChI=1S/C18H14N6O5S/c1-11-5-7-14(8-6-11)30-18-15(24(28)29)16(19-10-20-18)21-22-17(25)12-3-2-4-13(9-12)23(26)27/h2-10H,1H3,(H,22,25)(H,19,20,21). The van der Waals surface area contributed by atoms with Gasteiger partial charge in [-0.25, -0.2) is 9.97 Å². The monoisotopic (exact) mass is 426 g/mol. The third-order valence-corrected chi connectivity index (χ3v) is 4.82. The second-order valence-electron chi connectivity index (χ2n) is 5.93. The van der Waals surface area contributed by atoms with Crippen LogP contribution in [0.1, 0.15) is 15.9 Å². The molecule has 3 aromatic rings. The third kappa shape index (κ3) is 4.86. The average molecular weight is 426 g/mol. The molecule has 152 valence electrons. The summed E-state index contributed by atoms with van der Waals surface area (Å²) < 4.78 is 0. The van der Waals surface area contributed by atoms with Crippen LogP contribution < -0.4 is 10.9 Å². The maximum absolute atomic E-state index is 12.3. The molecule has 0 fully saturated rings. The van der Waals surface area contributed by atoms with Crippen molar-refractivity contribution in [3.63, 3.8) is 0 Å². The molecule has 11 nitrogen and oxygen atoms in total. The molecule has 2 N–H and O–H groups in total. The summed E-state index contributed by atoms with van der Waals surface area (Å²) in [5.41, 5.74) is 5.04. The van der Waals surface area contributed by atoms with Crippen LogP contribution in [0.25, 0.3) is 0 Å². The number of nitro benzene ring substituents is 1. The highest BCUT2D eigenvalue weighted by atomic mass is 32.2. The number of hydrogen-bond acceptors (Lipinski definition) is 9. The SMILES string of the molecule is Cc1ccc(Sc2ncnc(NNC(=O)c3cccc([N+](=O)[O-])c3)c2[N+](=O)[O-])cc1. The van der Waals surface area contributed by atoms with Crippen molar-refractivity contribution in [3.8, 4) is 0 Å². The minimum atomic E-state index is -0.723. The van der Waals surface area contributed by atoms with Crippen LogP contribution in [-0.2, 0) is 0 Å². The number of rotatable bonds is 7. The molecule has 12 heteroatoms. The Morgan fingerprint density at radius 1 is 1.03 bits per heavy atom. The second-order valence-corrected chi connectivity index (χ2v) is 7.00. The highest BCUT2D eigenvalue weighted by Gasteiger charge is 2.24. The number of hydrazine groups is 1. The summed E-state index contributed by atoms with van der Waals surface area (Å²) in [6.07, 6.45) is 1.13. The highest BCUT2D eigenvalue weighted by Crippen LogP contribution is 2.36. The molecule has 0 saturated carbocycles. The zero-order valence-electron chi connectivity index (χ0n) is 15.4. The van der Waals surface area contributed by atoms with Gasteiger partial charge in [-0.3, -0.25) is 35.9 Å². The van der Waals surface area contributed by atoms with E-state index < -0.39 is 21.4 Å². The van der Waals surface area contributed by atoms with Crippen molar-refractivity contribution >= 4 is 34.9 Å². The number of nitro groups is 2. The van der Waals surface area contributed by atoms with E-state index in [1.54, 1.807) is 0 Å². The molecule has 0 unspecified atom stereocenters. The Balaban J connectivity index is 1.81. The maximum Gasteiger partial charge on any atom is 0.345 e. The van der Waals surface area contributed by atoms with Gasteiger partial charge in [-0.1, -0.05) is 35.5 Å². The van der Waals surface area contributed by atoms with Crippen molar-refractivity contribution in [2.24, 2.45) is 0 Å². The minimum absolute atomic E-state index is 0.00247. The van der Waals surface area contributed by atoms with Gasteiger partial charge in [0.1, 0.15) is 6.33 Å². The number of carbonyl (C=O) groups excluding carboxylic acids is 1. The molecule has 1 aromatic heterocycles. The number of amides is 1. The Morgan fingerprint density at radius 3 is 2.43 bits per heavy atom. The van der Waals surface area contributed by atoms with E-state index in [1.807, 2.05) is 31.2 Å². The normalized spacial score (nSPS) is 10.3. The molecule has 0 spiro atoms. The lowest BCUT2D eigenvalue weighted by molar-refractivity contribution is -0.387. The third-order valence-electron chi connectivity index (χ3n) is 3.82. The number of aromatic nitrogens is 2. The lowest BCUT2D eigenvalue weighted by Gasteiger charge is -2.10. The number of hydrogen-bond donors (Lipinski definition) is 2. The van der Waals surface area contributed by atoms with Crippen LogP contribution in [0.2, 0.25) is 0 Å². The van der Waals surface area contributed by atoms with Crippen molar-refractivity contribution in [2.45, 2.75) is 16.8 Å². The molecule has 30 heavy (non-hydrogen) atoms. The summed E-state index contributed by atoms with van der Waals surface area (Å²) in [6.45, 7) is 1.92. The van der Waals surface area contributed by atoms with E-state index in [4.69, 9.17) is 0 Å². The number of benzene rings is 2. The fourth-order valence-corrected chi connectivity index (χ4v) is 3.22. The molecular formula is C18H14N6O5S. The fraction of sp³-hybridized carbons (Fsp3) is 0.0556. The van der Waals surface area contributed by atoms with Crippen molar-refractivity contribution < 1.29 is 14.6 Å². The lowest BCUT2D eigenvalue weighted by atomic mass is 10.2. The molecular weight excluding hydrogens is 412 g/mol. The van der Waals surface area contributed by atoms with E-state index in [-0.39, 0.29) is 22.1 Å². The predicted octanol–water partition coefficient (Wildman–Crippen LogP) is 3.51. The first-order valence-electron chi connectivity index (χ1n) is 8.40. The predicted molar refractivity (Wildman–Crippen MR) is 108 cm³/mol. The summed E-state index contributed by atoms with van der Waals surface area (Å²) in [5.74, 6) is -0.942. The molecule has 0 radical (unpaired) electrons. The van der Waals surface area contributed by atoms with Gasteiger partial charge in [0, 0.05) is 22.6 Å². The molecule has 1 heterocycles. The Kier molecular flexibility index (Phi) is 6.17. The smallest absolute Gasteiger partial charge is 0.276 e. The number of anilines is 1. The quantitative estimate of drug-likeness (QED) is 0.328. The van der Waals surface area contributed by atoms with Crippen LogP contribution >= 0.6 is 11.8 Å². The molecule has 1 amide bonds. The Bertz CT molecular complexity index is 1120. The summed E-state index contributed by atoms with van der Waals surface area (Å²) in [4.78, 5) is 42.0. The van der Waals surface area contributed by atoms with Gasteiger partial charge in [-0.05, 0) is 25.1 Å². The molecule has 0 aliphatic rings. The van der Waals surface area contributed by atoms with E-state index in [0.717, 1.165) is 34.6 Å². The number of carbonyl (C=O) groups is 1. The molecule has 0 aliphatic heterocycles. The van der Waals surface area contributed by atoms with Gasteiger partial charge >= 0.3 is 5.69 Å². The number of nitrogens with one attached hydrogen (secondary N) is 2. The van der Waals surface area contributed by atoms with Crippen molar-refractivity contribution in [3.05, 3.63) is 86.2 Å². The molecule has 2 aromatic carbocycles. The van der Waals surface area contributed by atoms with Crippen LogP contribution in [0, 0.1) is 27.2 Å². The Labute approximate surface area is 173 Å². The van der Waals surface area contributed by atoms with E-state index >= 15 is 0 Å². The zero-order valence-corrected chi connectivity index (χ0v) is 16.3. The van der Waals surface area contributed by atoms with Crippen LogP contribution in [0.3, 0.4) is 0 Å². The van der Waals surface area contributed by atoms with E-state index in [0.29, 0.717) is 0 Å². The number of nitrogens with zero attached hydrogens (tertiary/aromatic N) is 4. The molecule has 3 rings (SSSR count). The molecule has 0 bridgehead atoms. The first-order chi connectivity index (χ1) is 14.3. The molecule has 0 aliphatic carbocycles. The van der Waals surface area contributed by atoms with Crippen molar-refractivity contribution in [2.75, 3.05) is 5.43 Å². The second kappa shape index (κ2) is 8.96. The summed E-state index contributed by atoms with van der Waals surface area (Å²) in [6, 6.07) is 12.4. The van der Waals surface area contributed by atoms with Gasteiger partial charge in [0.05, 0.1) is 9.85 Å². The van der Waals surface area contributed by atoms with E-state index in [2.05, 4.69) is 20.8 Å². The summed E-state index contributed by atoms with van der Waals surface area (Å²) in [5, 5.41) is 22.5. The van der Waals surface area contributed by atoms with E-state index in [1.165, 1.54) is 18.2 Å². The first kappa shape index (κ1) is 20.7. The van der Waals surface area contributed by atoms with Gasteiger partial charge in [0.2, 0.25) is 5.82 Å². The maximum atomic E-state index is 12.3.